The predicted octanol–water partition coefficient (Wildman–Crippen LogP) is 1.88. The minimum absolute atomic E-state index is 0.129. The molecule has 0 spiro atoms. The number of benzene rings is 1. The SMILES string of the molecule is Cc1nc2ccc(/C=C3\NC(S)NC3=O)cc2s1. The summed E-state index contributed by atoms with van der Waals surface area (Å²) in [5.74, 6) is -0.129. The number of carbonyl (C=O) groups excluding carboxylic acids is 1. The van der Waals surface area contributed by atoms with Crippen LogP contribution in [0, 0.1) is 6.92 Å². The second-order valence-electron chi connectivity index (χ2n) is 4.04. The van der Waals surface area contributed by atoms with Gasteiger partial charge >= 0.3 is 0 Å². The number of hydrogen-bond acceptors (Lipinski definition) is 5. The van der Waals surface area contributed by atoms with Gasteiger partial charge in [-0.2, -0.15) is 0 Å². The minimum Gasteiger partial charge on any atom is -0.352 e. The van der Waals surface area contributed by atoms with Crippen LogP contribution in [0.2, 0.25) is 0 Å². The molecule has 1 aliphatic heterocycles. The Kier molecular flexibility index (Phi) is 2.76. The summed E-state index contributed by atoms with van der Waals surface area (Å²) in [4.78, 5) is 16.0. The normalized spacial score (nSPS) is 21.3. The first-order valence-corrected chi connectivity index (χ1v) is 6.79. The zero-order chi connectivity index (χ0) is 12.7. The number of aromatic nitrogens is 1. The van der Waals surface area contributed by atoms with Crippen molar-refractivity contribution in [3.05, 3.63) is 34.5 Å². The Morgan fingerprint density at radius 1 is 1.44 bits per heavy atom. The van der Waals surface area contributed by atoms with Crippen LogP contribution in [0.15, 0.2) is 23.9 Å². The summed E-state index contributed by atoms with van der Waals surface area (Å²) in [5, 5.41) is 6.67. The maximum Gasteiger partial charge on any atom is 0.269 e. The molecular formula is C12H11N3OS2. The molecule has 1 aliphatic rings. The maximum absolute atomic E-state index is 11.6. The van der Waals surface area contributed by atoms with Crippen LogP contribution >= 0.6 is 24.0 Å². The third-order valence-corrected chi connectivity index (χ3v) is 3.83. The molecule has 2 heterocycles. The van der Waals surface area contributed by atoms with E-state index in [4.69, 9.17) is 0 Å². The van der Waals surface area contributed by atoms with Gasteiger partial charge in [-0.05, 0) is 30.7 Å². The molecule has 1 aromatic heterocycles. The quantitative estimate of drug-likeness (QED) is 0.551. The lowest BCUT2D eigenvalue weighted by Gasteiger charge is -1.99. The van der Waals surface area contributed by atoms with Gasteiger partial charge in [-0.25, -0.2) is 4.98 Å². The number of nitrogens with zero attached hydrogens (tertiary/aromatic N) is 1. The molecule has 6 heteroatoms. The highest BCUT2D eigenvalue weighted by Gasteiger charge is 2.21. The Balaban J connectivity index is 1.99. The first-order valence-electron chi connectivity index (χ1n) is 5.46. The van der Waals surface area contributed by atoms with Crippen molar-refractivity contribution in [1.82, 2.24) is 15.6 Å². The Morgan fingerprint density at radius 2 is 2.28 bits per heavy atom. The van der Waals surface area contributed by atoms with Crippen molar-refractivity contribution < 1.29 is 4.79 Å². The number of aryl methyl sites for hydroxylation is 1. The number of thiol groups is 1. The van der Waals surface area contributed by atoms with Gasteiger partial charge in [-0.15, -0.1) is 24.0 Å². The largest absolute Gasteiger partial charge is 0.352 e. The molecule has 1 atom stereocenters. The molecule has 18 heavy (non-hydrogen) atoms. The number of nitrogens with one attached hydrogen (secondary N) is 2. The van der Waals surface area contributed by atoms with Gasteiger partial charge in [0.1, 0.15) is 11.2 Å². The maximum atomic E-state index is 11.6. The van der Waals surface area contributed by atoms with Crippen molar-refractivity contribution in [2.45, 2.75) is 12.4 Å². The van der Waals surface area contributed by atoms with E-state index in [1.807, 2.05) is 31.2 Å². The van der Waals surface area contributed by atoms with Crippen LogP contribution in [-0.4, -0.2) is 16.4 Å². The average Bonchev–Trinajstić information content (AvgIpc) is 2.80. The Labute approximate surface area is 114 Å². The molecule has 1 saturated heterocycles. The van der Waals surface area contributed by atoms with Crippen molar-refractivity contribution >= 4 is 46.2 Å². The molecule has 0 aliphatic carbocycles. The van der Waals surface area contributed by atoms with Crippen molar-refractivity contribution in [2.24, 2.45) is 0 Å². The molecule has 0 saturated carbocycles. The molecule has 2 N–H and O–H groups in total. The Bertz CT molecular complexity index is 662. The summed E-state index contributed by atoms with van der Waals surface area (Å²) < 4.78 is 1.13. The van der Waals surface area contributed by atoms with E-state index in [1.165, 1.54) is 0 Å². The Hall–Kier alpha value is -1.53. The van der Waals surface area contributed by atoms with E-state index < -0.39 is 0 Å². The summed E-state index contributed by atoms with van der Waals surface area (Å²) in [6, 6.07) is 5.96. The number of fused-ring (bicyclic) bond motifs is 1. The van der Waals surface area contributed by atoms with Crippen molar-refractivity contribution in [3.8, 4) is 0 Å². The monoisotopic (exact) mass is 277 g/mol. The fraction of sp³-hybridized carbons (Fsp3) is 0.167. The van der Waals surface area contributed by atoms with Crippen LogP contribution < -0.4 is 10.6 Å². The fourth-order valence-electron chi connectivity index (χ4n) is 1.87. The van der Waals surface area contributed by atoms with E-state index in [0.29, 0.717) is 5.70 Å². The molecule has 1 unspecified atom stereocenters. The lowest BCUT2D eigenvalue weighted by molar-refractivity contribution is -0.116. The van der Waals surface area contributed by atoms with Crippen molar-refractivity contribution in [1.29, 1.82) is 0 Å². The van der Waals surface area contributed by atoms with Crippen LogP contribution in [-0.2, 0) is 4.79 Å². The van der Waals surface area contributed by atoms with Crippen LogP contribution in [0.1, 0.15) is 10.6 Å². The molecule has 1 fully saturated rings. The van der Waals surface area contributed by atoms with Crippen molar-refractivity contribution in [2.75, 3.05) is 0 Å². The molecule has 4 nitrogen and oxygen atoms in total. The molecule has 0 bridgehead atoms. The van der Waals surface area contributed by atoms with E-state index in [9.17, 15) is 4.79 Å². The number of hydrogen-bond donors (Lipinski definition) is 3. The van der Waals surface area contributed by atoms with E-state index >= 15 is 0 Å². The second kappa shape index (κ2) is 4.29. The van der Waals surface area contributed by atoms with E-state index in [1.54, 1.807) is 11.3 Å². The van der Waals surface area contributed by atoms with Gasteiger partial charge in [0.05, 0.1) is 15.2 Å². The van der Waals surface area contributed by atoms with Gasteiger partial charge in [-0.3, -0.25) is 4.79 Å². The zero-order valence-electron chi connectivity index (χ0n) is 9.60. The third kappa shape index (κ3) is 2.09. The molecular weight excluding hydrogens is 266 g/mol. The summed E-state index contributed by atoms with van der Waals surface area (Å²) in [6.45, 7) is 1.99. The second-order valence-corrected chi connectivity index (χ2v) is 5.79. The number of amides is 1. The molecule has 1 aromatic carbocycles. The molecule has 92 valence electrons. The summed E-state index contributed by atoms with van der Waals surface area (Å²) in [7, 11) is 0. The first-order chi connectivity index (χ1) is 8.61. The van der Waals surface area contributed by atoms with Gasteiger partial charge in [0.2, 0.25) is 0 Å². The molecule has 3 rings (SSSR count). The average molecular weight is 277 g/mol. The van der Waals surface area contributed by atoms with Crippen LogP contribution in [0.5, 0.6) is 0 Å². The summed E-state index contributed by atoms with van der Waals surface area (Å²) in [6.07, 6.45) is 1.82. The summed E-state index contributed by atoms with van der Waals surface area (Å²) >= 11 is 5.80. The molecule has 1 amide bonds. The van der Waals surface area contributed by atoms with E-state index in [2.05, 4.69) is 28.2 Å². The minimum atomic E-state index is -0.307. The van der Waals surface area contributed by atoms with Crippen LogP contribution in [0.3, 0.4) is 0 Å². The smallest absolute Gasteiger partial charge is 0.269 e. The highest BCUT2D eigenvalue weighted by molar-refractivity contribution is 7.80. The first kappa shape index (κ1) is 11.6. The summed E-state index contributed by atoms with van der Waals surface area (Å²) in [5.41, 5.74) is 2.20. The number of carbonyl (C=O) groups is 1. The van der Waals surface area contributed by atoms with Crippen LogP contribution in [0.4, 0.5) is 0 Å². The molecule has 0 radical (unpaired) electrons. The Morgan fingerprint density at radius 3 is 3.00 bits per heavy atom. The van der Waals surface area contributed by atoms with E-state index in [0.717, 1.165) is 20.8 Å². The van der Waals surface area contributed by atoms with Gasteiger partial charge in [0.25, 0.3) is 5.91 Å². The van der Waals surface area contributed by atoms with Gasteiger partial charge < -0.3 is 10.6 Å². The van der Waals surface area contributed by atoms with Crippen LogP contribution in [0.25, 0.3) is 16.3 Å². The highest BCUT2D eigenvalue weighted by atomic mass is 32.1. The van der Waals surface area contributed by atoms with Gasteiger partial charge in [0.15, 0.2) is 0 Å². The standard InChI is InChI=1S/C12H11N3OS2/c1-6-13-8-3-2-7(5-10(8)18-6)4-9-11(16)15-12(17)14-9/h2-5,12,14,17H,1H3,(H,15,16)/b9-4-. The topological polar surface area (TPSA) is 54.0 Å². The van der Waals surface area contributed by atoms with Gasteiger partial charge in [0, 0.05) is 0 Å². The number of thiazole rings is 1. The lowest BCUT2D eigenvalue weighted by atomic mass is 10.2. The van der Waals surface area contributed by atoms with Crippen molar-refractivity contribution in [3.63, 3.8) is 0 Å². The lowest BCUT2D eigenvalue weighted by Crippen LogP contribution is -2.25. The highest BCUT2D eigenvalue weighted by Crippen LogP contribution is 2.23. The zero-order valence-corrected chi connectivity index (χ0v) is 11.3. The predicted molar refractivity (Wildman–Crippen MR) is 76.4 cm³/mol. The fourth-order valence-corrected chi connectivity index (χ4v) is 3.00. The number of rotatable bonds is 1. The van der Waals surface area contributed by atoms with E-state index in [-0.39, 0.29) is 11.4 Å². The van der Waals surface area contributed by atoms with Gasteiger partial charge in [-0.1, -0.05) is 6.07 Å². The third-order valence-electron chi connectivity index (χ3n) is 2.64. The molecule has 2 aromatic rings.